The number of benzene rings is 1. The summed E-state index contributed by atoms with van der Waals surface area (Å²) in [6.45, 7) is 0.881. The van der Waals surface area contributed by atoms with Gasteiger partial charge in [-0.05, 0) is 25.0 Å². The summed E-state index contributed by atoms with van der Waals surface area (Å²) in [7, 11) is 0. The highest BCUT2D eigenvalue weighted by Crippen LogP contribution is 2.23. The predicted octanol–water partition coefficient (Wildman–Crippen LogP) is 2.81. The van der Waals surface area contributed by atoms with Crippen molar-refractivity contribution in [3.63, 3.8) is 0 Å². The van der Waals surface area contributed by atoms with Crippen molar-refractivity contribution < 1.29 is 8.78 Å². The zero-order valence-corrected chi connectivity index (χ0v) is 9.12. The quantitative estimate of drug-likeness (QED) is 0.615. The van der Waals surface area contributed by atoms with Gasteiger partial charge in [-0.3, -0.25) is 0 Å². The molecule has 4 heteroatoms. The van der Waals surface area contributed by atoms with E-state index in [1.807, 2.05) is 0 Å². The number of thioether (sulfide) groups is 1. The molecule has 0 heterocycles. The van der Waals surface area contributed by atoms with Crippen molar-refractivity contribution in [1.82, 2.24) is 5.32 Å². The molecule has 82 valence electrons. The van der Waals surface area contributed by atoms with Gasteiger partial charge >= 0.3 is 0 Å². The Kier molecular flexibility index (Phi) is 3.59. The number of nitrogens with one attached hydrogen (secondary N) is 1. The highest BCUT2D eigenvalue weighted by atomic mass is 32.2. The summed E-state index contributed by atoms with van der Waals surface area (Å²) in [5, 5.41) is 3.34. The van der Waals surface area contributed by atoms with E-state index in [-0.39, 0.29) is 0 Å². The largest absolute Gasteiger partial charge is 0.313 e. The maximum Gasteiger partial charge on any atom is 0.139 e. The lowest BCUT2D eigenvalue weighted by Crippen LogP contribution is -2.19. The summed E-state index contributed by atoms with van der Waals surface area (Å²) >= 11 is 1.42. The molecular formula is C11H13F2NS. The van der Waals surface area contributed by atoms with Crippen LogP contribution in [0.4, 0.5) is 8.78 Å². The third kappa shape index (κ3) is 3.47. The maximum atomic E-state index is 13.2. The number of halogens is 2. The molecule has 0 unspecified atom stereocenters. The Bertz CT molecular complexity index is 339. The Labute approximate surface area is 92.3 Å². The molecule has 1 aromatic rings. The van der Waals surface area contributed by atoms with E-state index in [4.69, 9.17) is 0 Å². The molecule has 1 nitrogen and oxygen atoms in total. The average Bonchev–Trinajstić information content (AvgIpc) is 2.99. The van der Waals surface area contributed by atoms with Crippen molar-refractivity contribution in [3.8, 4) is 0 Å². The van der Waals surface area contributed by atoms with Gasteiger partial charge in [-0.15, -0.1) is 11.8 Å². The molecule has 1 saturated carbocycles. The van der Waals surface area contributed by atoms with Crippen LogP contribution < -0.4 is 5.32 Å². The van der Waals surface area contributed by atoms with Gasteiger partial charge in [-0.2, -0.15) is 0 Å². The van der Waals surface area contributed by atoms with Crippen LogP contribution in [0.5, 0.6) is 0 Å². The van der Waals surface area contributed by atoms with Crippen LogP contribution in [-0.2, 0) is 0 Å². The molecule has 0 spiro atoms. The third-order valence-corrected chi connectivity index (χ3v) is 3.31. The minimum Gasteiger partial charge on any atom is -0.313 e. The molecule has 0 saturated heterocycles. The first-order valence-corrected chi connectivity index (χ1v) is 6.05. The van der Waals surface area contributed by atoms with Gasteiger partial charge in [0.05, 0.1) is 0 Å². The van der Waals surface area contributed by atoms with Crippen molar-refractivity contribution in [2.24, 2.45) is 0 Å². The van der Waals surface area contributed by atoms with Crippen LogP contribution in [0.3, 0.4) is 0 Å². The van der Waals surface area contributed by atoms with Gasteiger partial charge in [0.15, 0.2) is 0 Å². The summed E-state index contributed by atoms with van der Waals surface area (Å²) in [6, 6.07) is 4.40. The fourth-order valence-corrected chi connectivity index (χ4v) is 2.10. The highest BCUT2D eigenvalue weighted by molar-refractivity contribution is 7.99. The van der Waals surface area contributed by atoms with Crippen molar-refractivity contribution in [2.75, 3.05) is 12.3 Å². The Hall–Kier alpha value is -0.610. The Morgan fingerprint density at radius 2 is 2.13 bits per heavy atom. The third-order valence-electron chi connectivity index (χ3n) is 2.26. The highest BCUT2D eigenvalue weighted by Gasteiger charge is 2.19. The molecule has 0 bridgehead atoms. The molecule has 0 atom stereocenters. The van der Waals surface area contributed by atoms with Gasteiger partial charge in [0.2, 0.25) is 0 Å². The molecule has 1 N–H and O–H groups in total. The van der Waals surface area contributed by atoms with Gasteiger partial charge < -0.3 is 5.32 Å². The van der Waals surface area contributed by atoms with Crippen molar-refractivity contribution in [3.05, 3.63) is 29.8 Å². The van der Waals surface area contributed by atoms with E-state index in [2.05, 4.69) is 5.32 Å². The summed E-state index contributed by atoms with van der Waals surface area (Å²) < 4.78 is 25.8. The van der Waals surface area contributed by atoms with Crippen molar-refractivity contribution >= 4 is 11.8 Å². The predicted molar refractivity (Wildman–Crippen MR) is 58.1 cm³/mol. The lowest BCUT2D eigenvalue weighted by molar-refractivity contribution is 0.565. The van der Waals surface area contributed by atoms with Crippen LogP contribution in [0.25, 0.3) is 0 Å². The number of hydrogen-bond donors (Lipinski definition) is 1. The van der Waals surface area contributed by atoms with Gasteiger partial charge in [-0.1, -0.05) is 0 Å². The SMILES string of the molecule is Fc1ccc(SCCNC2CC2)c(F)c1. The summed E-state index contributed by atoms with van der Waals surface area (Å²) in [5.74, 6) is -0.168. The number of hydrogen-bond acceptors (Lipinski definition) is 2. The van der Waals surface area contributed by atoms with Crippen molar-refractivity contribution in [2.45, 2.75) is 23.8 Å². The van der Waals surface area contributed by atoms with Crippen LogP contribution in [0, 0.1) is 11.6 Å². The maximum absolute atomic E-state index is 13.2. The molecule has 0 radical (unpaired) electrons. The van der Waals surface area contributed by atoms with Gasteiger partial charge in [0.1, 0.15) is 11.6 Å². The van der Waals surface area contributed by atoms with E-state index in [1.165, 1.54) is 36.7 Å². The zero-order chi connectivity index (χ0) is 10.7. The zero-order valence-electron chi connectivity index (χ0n) is 8.30. The molecule has 1 aliphatic carbocycles. The molecule has 0 aliphatic heterocycles. The average molecular weight is 229 g/mol. The normalized spacial score (nSPS) is 15.6. The molecule has 0 amide bonds. The Morgan fingerprint density at radius 1 is 1.33 bits per heavy atom. The van der Waals surface area contributed by atoms with E-state index in [1.54, 1.807) is 0 Å². The first-order chi connectivity index (χ1) is 7.25. The fraction of sp³-hybridized carbons (Fsp3) is 0.455. The van der Waals surface area contributed by atoms with Gasteiger partial charge in [0.25, 0.3) is 0 Å². The van der Waals surface area contributed by atoms with Crippen LogP contribution in [0.1, 0.15) is 12.8 Å². The topological polar surface area (TPSA) is 12.0 Å². The Balaban J connectivity index is 1.76. The first-order valence-electron chi connectivity index (χ1n) is 5.07. The van der Waals surface area contributed by atoms with E-state index in [9.17, 15) is 8.78 Å². The molecule has 0 aromatic heterocycles. The summed E-state index contributed by atoms with van der Waals surface area (Å²) in [5.41, 5.74) is 0. The molecule has 1 aromatic carbocycles. The van der Waals surface area contributed by atoms with Crippen molar-refractivity contribution in [1.29, 1.82) is 0 Å². The molecule has 1 aliphatic rings. The van der Waals surface area contributed by atoms with Crippen LogP contribution in [0.15, 0.2) is 23.1 Å². The van der Waals surface area contributed by atoms with Crippen LogP contribution in [0.2, 0.25) is 0 Å². The smallest absolute Gasteiger partial charge is 0.139 e. The minimum atomic E-state index is -0.520. The minimum absolute atomic E-state index is 0.466. The lowest BCUT2D eigenvalue weighted by atomic mass is 10.3. The van der Waals surface area contributed by atoms with E-state index >= 15 is 0 Å². The summed E-state index contributed by atoms with van der Waals surface area (Å²) in [6.07, 6.45) is 2.52. The first kappa shape index (κ1) is 10.9. The monoisotopic (exact) mass is 229 g/mol. The second kappa shape index (κ2) is 4.94. The fourth-order valence-electron chi connectivity index (χ4n) is 1.30. The Morgan fingerprint density at radius 3 is 2.80 bits per heavy atom. The number of rotatable bonds is 5. The van der Waals surface area contributed by atoms with Gasteiger partial charge in [0, 0.05) is 29.3 Å². The molecular weight excluding hydrogens is 216 g/mol. The molecule has 2 rings (SSSR count). The van der Waals surface area contributed by atoms with Crippen LogP contribution >= 0.6 is 11.8 Å². The second-order valence-electron chi connectivity index (χ2n) is 3.65. The summed E-state index contributed by atoms with van der Waals surface area (Å²) in [4.78, 5) is 0.522. The van der Waals surface area contributed by atoms with E-state index in [0.717, 1.165) is 18.4 Å². The van der Waals surface area contributed by atoms with E-state index < -0.39 is 11.6 Å². The lowest BCUT2D eigenvalue weighted by Gasteiger charge is -2.04. The second-order valence-corrected chi connectivity index (χ2v) is 4.79. The molecule has 1 fully saturated rings. The van der Waals surface area contributed by atoms with Gasteiger partial charge in [-0.25, -0.2) is 8.78 Å². The van der Waals surface area contributed by atoms with Crippen LogP contribution in [-0.4, -0.2) is 18.3 Å². The molecule has 15 heavy (non-hydrogen) atoms. The van der Waals surface area contributed by atoms with E-state index in [0.29, 0.717) is 10.9 Å². The standard InChI is InChI=1S/C11H13F2NS/c12-8-1-4-11(10(13)7-8)15-6-5-14-9-2-3-9/h1,4,7,9,14H,2-3,5-6H2.